The molecule has 0 aliphatic carbocycles. The van der Waals surface area contributed by atoms with E-state index in [1.54, 1.807) is 24.3 Å². The van der Waals surface area contributed by atoms with Crippen LogP contribution in [0.1, 0.15) is 34.8 Å². The van der Waals surface area contributed by atoms with Gasteiger partial charge in [-0.05, 0) is 66.6 Å². The first-order chi connectivity index (χ1) is 14.7. The number of esters is 1. The van der Waals surface area contributed by atoms with E-state index in [2.05, 4.69) is 21.2 Å². The average Bonchev–Trinajstić information content (AvgIpc) is 3.24. The van der Waals surface area contributed by atoms with Crippen LogP contribution in [-0.2, 0) is 14.6 Å². The molecule has 0 saturated heterocycles. The molecule has 3 aromatic rings. The fourth-order valence-corrected chi connectivity index (χ4v) is 3.96. The van der Waals surface area contributed by atoms with E-state index >= 15 is 0 Å². The summed E-state index contributed by atoms with van der Waals surface area (Å²) >= 11 is 3.25. The second-order valence-electron chi connectivity index (χ2n) is 7.10. The Morgan fingerprint density at radius 2 is 1.65 bits per heavy atom. The minimum atomic E-state index is -3.89. The average molecular weight is 506 g/mol. The molecule has 0 bridgehead atoms. The summed E-state index contributed by atoms with van der Waals surface area (Å²) in [6, 6.07) is 14.8. The van der Waals surface area contributed by atoms with Crippen LogP contribution in [0, 0.1) is 5.92 Å². The van der Waals surface area contributed by atoms with Crippen molar-refractivity contribution in [2.75, 3.05) is 11.9 Å². The highest BCUT2D eigenvalue weighted by Gasteiger charge is 2.23. The van der Waals surface area contributed by atoms with E-state index in [0.717, 1.165) is 4.47 Å². The van der Waals surface area contributed by atoms with Gasteiger partial charge in [0.05, 0.1) is 17.1 Å². The molecule has 0 fully saturated rings. The zero-order chi connectivity index (χ0) is 22.6. The van der Waals surface area contributed by atoms with Gasteiger partial charge in [-0.3, -0.25) is 4.79 Å². The van der Waals surface area contributed by atoms with Gasteiger partial charge < -0.3 is 14.5 Å². The van der Waals surface area contributed by atoms with Crippen molar-refractivity contribution in [3.8, 4) is 0 Å². The molecular formula is C22H20BrNO6S. The van der Waals surface area contributed by atoms with Crippen molar-refractivity contribution in [3.05, 3.63) is 76.5 Å². The van der Waals surface area contributed by atoms with Gasteiger partial charge in [-0.25, -0.2) is 13.2 Å². The molecule has 2 aromatic carbocycles. The zero-order valence-corrected chi connectivity index (χ0v) is 19.2. The number of ether oxygens (including phenoxy) is 1. The predicted octanol–water partition coefficient (Wildman–Crippen LogP) is 4.94. The third kappa shape index (κ3) is 5.62. The highest BCUT2D eigenvalue weighted by molar-refractivity contribution is 9.10. The van der Waals surface area contributed by atoms with Crippen molar-refractivity contribution in [1.29, 1.82) is 0 Å². The summed E-state index contributed by atoms with van der Waals surface area (Å²) in [4.78, 5) is 24.4. The number of hydrogen-bond acceptors (Lipinski definition) is 6. The second-order valence-corrected chi connectivity index (χ2v) is 9.90. The van der Waals surface area contributed by atoms with Crippen LogP contribution < -0.4 is 5.32 Å². The van der Waals surface area contributed by atoms with E-state index in [1.807, 2.05) is 13.8 Å². The Bertz CT molecular complexity index is 1180. The molecule has 31 heavy (non-hydrogen) atoms. The normalized spacial score (nSPS) is 11.4. The summed E-state index contributed by atoms with van der Waals surface area (Å²) in [5.41, 5.74) is 0.777. The molecule has 0 saturated carbocycles. The lowest BCUT2D eigenvalue weighted by molar-refractivity contribution is 0.0459. The molecule has 0 unspecified atom stereocenters. The Labute approximate surface area is 188 Å². The molecule has 7 nitrogen and oxygen atoms in total. The fourth-order valence-electron chi connectivity index (χ4n) is 2.52. The van der Waals surface area contributed by atoms with E-state index in [4.69, 9.17) is 9.15 Å². The second kappa shape index (κ2) is 9.49. The highest BCUT2D eigenvalue weighted by atomic mass is 79.9. The van der Waals surface area contributed by atoms with Crippen LogP contribution in [0.5, 0.6) is 0 Å². The molecule has 1 heterocycles. The number of anilines is 1. The maximum absolute atomic E-state index is 12.7. The molecule has 0 spiro atoms. The van der Waals surface area contributed by atoms with E-state index < -0.39 is 21.7 Å². The summed E-state index contributed by atoms with van der Waals surface area (Å²) in [7, 11) is -3.89. The fraction of sp³-hybridized carbons (Fsp3) is 0.182. The van der Waals surface area contributed by atoms with Crippen molar-refractivity contribution in [1.82, 2.24) is 0 Å². The molecule has 0 radical (unpaired) electrons. The van der Waals surface area contributed by atoms with Crippen LogP contribution in [0.3, 0.4) is 0 Å². The van der Waals surface area contributed by atoms with E-state index in [0.29, 0.717) is 17.9 Å². The summed E-state index contributed by atoms with van der Waals surface area (Å²) in [6.07, 6.45) is 0. The Balaban J connectivity index is 1.68. The SMILES string of the molecule is CC(C)COC(=O)c1ccc(NC(=O)c2ccc(S(=O)(=O)c3ccc(Br)cc3)o2)cc1. The van der Waals surface area contributed by atoms with Crippen molar-refractivity contribution in [2.45, 2.75) is 23.8 Å². The minimum absolute atomic E-state index is 0.0527. The van der Waals surface area contributed by atoms with Crippen LogP contribution in [0.25, 0.3) is 0 Å². The van der Waals surface area contributed by atoms with Crippen molar-refractivity contribution in [3.63, 3.8) is 0 Å². The van der Waals surface area contributed by atoms with Gasteiger partial charge in [0.25, 0.3) is 5.91 Å². The number of amides is 1. The van der Waals surface area contributed by atoms with Crippen molar-refractivity contribution >= 4 is 43.3 Å². The largest absolute Gasteiger partial charge is 0.462 e. The molecule has 0 atom stereocenters. The third-order valence-electron chi connectivity index (χ3n) is 4.12. The van der Waals surface area contributed by atoms with Gasteiger partial charge >= 0.3 is 5.97 Å². The molecule has 0 aliphatic heterocycles. The van der Waals surface area contributed by atoms with Gasteiger partial charge in [-0.2, -0.15) is 0 Å². The number of sulfone groups is 1. The Hall–Kier alpha value is -2.91. The third-order valence-corrected chi connectivity index (χ3v) is 6.29. The highest BCUT2D eigenvalue weighted by Crippen LogP contribution is 2.25. The lowest BCUT2D eigenvalue weighted by atomic mass is 10.2. The molecule has 9 heteroatoms. The lowest BCUT2D eigenvalue weighted by Crippen LogP contribution is -2.12. The van der Waals surface area contributed by atoms with Crippen LogP contribution >= 0.6 is 15.9 Å². The maximum atomic E-state index is 12.7. The molecule has 162 valence electrons. The quantitative estimate of drug-likeness (QED) is 0.456. The minimum Gasteiger partial charge on any atom is -0.462 e. The Morgan fingerprint density at radius 1 is 1.00 bits per heavy atom. The van der Waals surface area contributed by atoms with Gasteiger partial charge in [0, 0.05) is 10.2 Å². The Morgan fingerprint density at radius 3 is 2.26 bits per heavy atom. The van der Waals surface area contributed by atoms with Crippen LogP contribution in [0.15, 0.2) is 79.5 Å². The number of hydrogen-bond donors (Lipinski definition) is 1. The molecule has 1 N–H and O–H groups in total. The number of carbonyl (C=O) groups excluding carboxylic acids is 2. The number of halogens is 1. The zero-order valence-electron chi connectivity index (χ0n) is 16.8. The van der Waals surface area contributed by atoms with Gasteiger partial charge in [0.15, 0.2) is 5.76 Å². The van der Waals surface area contributed by atoms with Crippen molar-refractivity contribution < 1.29 is 27.2 Å². The summed E-state index contributed by atoms with van der Waals surface area (Å²) in [5.74, 6) is -0.989. The van der Waals surface area contributed by atoms with Crippen LogP contribution in [0.4, 0.5) is 5.69 Å². The first kappa shape index (κ1) is 22.8. The number of rotatable bonds is 7. The summed E-state index contributed by atoms with van der Waals surface area (Å²) in [6.45, 7) is 4.20. The van der Waals surface area contributed by atoms with Gasteiger partial charge in [-0.1, -0.05) is 29.8 Å². The van der Waals surface area contributed by atoms with Crippen molar-refractivity contribution in [2.24, 2.45) is 5.92 Å². The van der Waals surface area contributed by atoms with Gasteiger partial charge in [0.2, 0.25) is 14.9 Å². The first-order valence-electron chi connectivity index (χ1n) is 9.36. The lowest BCUT2D eigenvalue weighted by Gasteiger charge is -2.08. The standard InChI is InChI=1S/C22H20BrNO6S/c1-14(2)13-29-22(26)15-3-7-17(8-4-15)24-21(25)19-11-12-20(30-19)31(27,28)18-9-5-16(23)6-10-18/h3-12,14H,13H2,1-2H3,(H,24,25). The van der Waals surface area contributed by atoms with Gasteiger partial charge in [-0.15, -0.1) is 0 Å². The molecule has 3 rings (SSSR count). The summed E-state index contributed by atoms with van der Waals surface area (Å²) < 4.78 is 36.5. The predicted molar refractivity (Wildman–Crippen MR) is 118 cm³/mol. The molecule has 0 aliphatic rings. The Kier molecular flexibility index (Phi) is 6.97. The topological polar surface area (TPSA) is 103 Å². The molecule has 1 aromatic heterocycles. The van der Waals surface area contributed by atoms with E-state index in [1.165, 1.54) is 36.4 Å². The first-order valence-corrected chi connectivity index (χ1v) is 11.6. The number of carbonyl (C=O) groups is 2. The van der Waals surface area contributed by atoms with Gasteiger partial charge in [0.1, 0.15) is 0 Å². The number of benzene rings is 2. The van der Waals surface area contributed by atoms with Crippen LogP contribution in [-0.4, -0.2) is 26.9 Å². The summed E-state index contributed by atoms with van der Waals surface area (Å²) in [5, 5.41) is 2.27. The molecule has 1 amide bonds. The number of nitrogens with one attached hydrogen (secondary N) is 1. The van der Waals surface area contributed by atoms with E-state index in [9.17, 15) is 18.0 Å². The molecular weight excluding hydrogens is 486 g/mol. The smallest absolute Gasteiger partial charge is 0.338 e. The van der Waals surface area contributed by atoms with Crippen LogP contribution in [0.2, 0.25) is 0 Å². The monoisotopic (exact) mass is 505 g/mol. The maximum Gasteiger partial charge on any atom is 0.338 e. The van der Waals surface area contributed by atoms with E-state index in [-0.39, 0.29) is 21.7 Å². The number of furan rings is 1.